The Hall–Kier alpha value is -3.62. The number of ether oxygens (including phenoxy) is 1. The van der Waals surface area contributed by atoms with Crippen molar-refractivity contribution in [1.82, 2.24) is 19.5 Å². The SMILES string of the molecule is CCOc1cc(F)ccc1C(=O)C1CCN(c2nc(-c3ccncn3)cc(=O)n2C)CC1. The van der Waals surface area contributed by atoms with E-state index in [2.05, 4.69) is 15.0 Å². The summed E-state index contributed by atoms with van der Waals surface area (Å²) in [4.78, 5) is 40.4. The normalized spacial score (nSPS) is 14.4. The molecule has 0 radical (unpaired) electrons. The molecule has 0 atom stereocenters. The highest BCUT2D eigenvalue weighted by molar-refractivity contribution is 6.00. The first-order valence-electron chi connectivity index (χ1n) is 10.5. The zero-order valence-corrected chi connectivity index (χ0v) is 18.0. The van der Waals surface area contributed by atoms with E-state index >= 15 is 0 Å². The highest BCUT2D eigenvalue weighted by Crippen LogP contribution is 2.29. The molecule has 0 N–H and O–H groups in total. The van der Waals surface area contributed by atoms with Crippen molar-refractivity contribution in [2.45, 2.75) is 19.8 Å². The Morgan fingerprint density at radius 1 is 1.19 bits per heavy atom. The molecule has 4 rings (SSSR count). The van der Waals surface area contributed by atoms with E-state index in [4.69, 9.17) is 4.74 Å². The third kappa shape index (κ3) is 4.37. The fourth-order valence-electron chi connectivity index (χ4n) is 3.92. The molecule has 1 aliphatic rings. The van der Waals surface area contributed by atoms with Gasteiger partial charge in [-0.15, -0.1) is 0 Å². The van der Waals surface area contributed by atoms with Crippen molar-refractivity contribution in [3.63, 3.8) is 0 Å². The fraction of sp³-hybridized carbons (Fsp3) is 0.348. The molecule has 0 spiro atoms. The van der Waals surface area contributed by atoms with Crippen molar-refractivity contribution >= 4 is 11.7 Å². The number of aromatic nitrogens is 4. The standard InChI is InChI=1S/C23H24FN5O3/c1-3-32-20-12-16(24)4-5-17(20)22(31)15-7-10-29(11-8-15)23-27-19(13-21(30)28(23)2)18-6-9-25-14-26-18/h4-6,9,12-15H,3,7-8,10-11H2,1-2H3. The molecule has 1 fully saturated rings. The Morgan fingerprint density at radius 2 is 1.97 bits per heavy atom. The average molecular weight is 437 g/mol. The lowest BCUT2D eigenvalue weighted by Crippen LogP contribution is -2.40. The number of nitrogens with zero attached hydrogens (tertiary/aromatic N) is 5. The number of anilines is 1. The van der Waals surface area contributed by atoms with Gasteiger partial charge in [-0.1, -0.05) is 0 Å². The molecule has 0 unspecified atom stereocenters. The monoisotopic (exact) mass is 437 g/mol. The second-order valence-electron chi connectivity index (χ2n) is 7.63. The summed E-state index contributed by atoms with van der Waals surface area (Å²) in [6.45, 7) is 3.28. The van der Waals surface area contributed by atoms with Gasteiger partial charge in [0.15, 0.2) is 5.78 Å². The second kappa shape index (κ2) is 9.25. The van der Waals surface area contributed by atoms with Gasteiger partial charge in [0.05, 0.1) is 23.6 Å². The van der Waals surface area contributed by atoms with E-state index in [1.807, 2.05) is 4.90 Å². The minimum atomic E-state index is -0.435. The fourth-order valence-corrected chi connectivity index (χ4v) is 3.92. The van der Waals surface area contributed by atoms with Gasteiger partial charge in [-0.25, -0.2) is 19.3 Å². The second-order valence-corrected chi connectivity index (χ2v) is 7.63. The lowest BCUT2D eigenvalue weighted by atomic mass is 9.88. The summed E-state index contributed by atoms with van der Waals surface area (Å²) >= 11 is 0. The summed E-state index contributed by atoms with van der Waals surface area (Å²) in [5.74, 6) is 0.119. The molecule has 0 saturated carbocycles. The first-order valence-corrected chi connectivity index (χ1v) is 10.5. The molecule has 32 heavy (non-hydrogen) atoms. The largest absolute Gasteiger partial charge is 0.493 e. The van der Waals surface area contributed by atoms with Crippen molar-refractivity contribution in [3.05, 3.63) is 64.6 Å². The molecule has 166 valence electrons. The number of Topliss-reactive ketones (excluding diaryl/α,β-unsaturated/α-hetero) is 1. The van der Waals surface area contributed by atoms with Crippen LogP contribution in [0.15, 0.2) is 47.7 Å². The van der Waals surface area contributed by atoms with Gasteiger partial charge in [-0.2, -0.15) is 0 Å². The van der Waals surface area contributed by atoms with Crippen molar-refractivity contribution in [2.24, 2.45) is 13.0 Å². The maximum atomic E-state index is 13.6. The van der Waals surface area contributed by atoms with Crippen LogP contribution in [0, 0.1) is 11.7 Å². The van der Waals surface area contributed by atoms with Crippen molar-refractivity contribution in [3.8, 4) is 17.1 Å². The van der Waals surface area contributed by atoms with E-state index in [1.54, 1.807) is 26.2 Å². The number of benzene rings is 1. The molecular weight excluding hydrogens is 413 g/mol. The highest BCUT2D eigenvalue weighted by Gasteiger charge is 2.29. The van der Waals surface area contributed by atoms with Crippen LogP contribution in [0.1, 0.15) is 30.1 Å². The van der Waals surface area contributed by atoms with Crippen LogP contribution in [0.4, 0.5) is 10.3 Å². The van der Waals surface area contributed by atoms with Crippen LogP contribution in [-0.2, 0) is 7.05 Å². The molecule has 1 aliphatic heterocycles. The van der Waals surface area contributed by atoms with Crippen LogP contribution in [0.2, 0.25) is 0 Å². The third-order valence-electron chi connectivity index (χ3n) is 5.61. The van der Waals surface area contributed by atoms with Gasteiger partial charge in [-0.05, 0) is 38.0 Å². The summed E-state index contributed by atoms with van der Waals surface area (Å²) in [6, 6.07) is 7.18. The van der Waals surface area contributed by atoms with Crippen LogP contribution >= 0.6 is 0 Å². The Balaban J connectivity index is 1.53. The van der Waals surface area contributed by atoms with E-state index in [0.717, 1.165) is 0 Å². The van der Waals surface area contributed by atoms with Crippen LogP contribution < -0.4 is 15.2 Å². The number of rotatable bonds is 6. The van der Waals surface area contributed by atoms with Gasteiger partial charge in [0.25, 0.3) is 5.56 Å². The van der Waals surface area contributed by atoms with Gasteiger partial charge in [0.1, 0.15) is 17.9 Å². The molecule has 2 aromatic heterocycles. The maximum Gasteiger partial charge on any atom is 0.255 e. The molecule has 1 saturated heterocycles. The number of ketones is 1. The first kappa shape index (κ1) is 21.6. The molecule has 3 heterocycles. The van der Waals surface area contributed by atoms with Crippen LogP contribution in [0.5, 0.6) is 5.75 Å². The quantitative estimate of drug-likeness (QED) is 0.548. The number of hydrogen-bond acceptors (Lipinski definition) is 7. The average Bonchev–Trinajstić information content (AvgIpc) is 2.81. The van der Waals surface area contributed by atoms with E-state index in [-0.39, 0.29) is 23.0 Å². The van der Waals surface area contributed by atoms with Crippen LogP contribution in [-0.4, -0.2) is 45.0 Å². The summed E-state index contributed by atoms with van der Waals surface area (Å²) < 4.78 is 20.6. The predicted molar refractivity (Wildman–Crippen MR) is 117 cm³/mol. The van der Waals surface area contributed by atoms with Crippen LogP contribution in [0.25, 0.3) is 11.4 Å². The summed E-state index contributed by atoms with van der Waals surface area (Å²) in [6.07, 6.45) is 4.20. The molecule has 0 amide bonds. The van der Waals surface area contributed by atoms with Crippen LogP contribution in [0.3, 0.4) is 0 Å². The van der Waals surface area contributed by atoms with Gasteiger partial charge >= 0.3 is 0 Å². The molecule has 1 aromatic carbocycles. The maximum absolute atomic E-state index is 13.6. The molecule has 9 heteroatoms. The lowest BCUT2D eigenvalue weighted by molar-refractivity contribution is 0.0896. The number of carbonyl (C=O) groups excluding carboxylic acids is 1. The molecule has 8 nitrogen and oxygen atoms in total. The minimum Gasteiger partial charge on any atom is -0.493 e. The Morgan fingerprint density at radius 3 is 2.66 bits per heavy atom. The predicted octanol–water partition coefficient (Wildman–Crippen LogP) is 2.87. The van der Waals surface area contributed by atoms with E-state index < -0.39 is 5.82 Å². The summed E-state index contributed by atoms with van der Waals surface area (Å²) in [5, 5.41) is 0. The van der Waals surface area contributed by atoms with Crippen molar-refractivity contribution in [1.29, 1.82) is 0 Å². The van der Waals surface area contributed by atoms with Crippen molar-refractivity contribution < 1.29 is 13.9 Å². The third-order valence-corrected chi connectivity index (χ3v) is 5.61. The molecule has 0 bridgehead atoms. The lowest BCUT2D eigenvalue weighted by Gasteiger charge is -2.33. The summed E-state index contributed by atoms with van der Waals surface area (Å²) in [5.41, 5.74) is 1.28. The van der Waals surface area contributed by atoms with Crippen molar-refractivity contribution in [2.75, 3.05) is 24.6 Å². The molecule has 0 aliphatic carbocycles. The topological polar surface area (TPSA) is 90.2 Å². The minimum absolute atomic E-state index is 0.0512. The highest BCUT2D eigenvalue weighted by atomic mass is 19.1. The van der Waals surface area contributed by atoms with E-state index in [0.29, 0.717) is 55.4 Å². The van der Waals surface area contributed by atoms with E-state index in [1.165, 1.54) is 35.2 Å². The van der Waals surface area contributed by atoms with Gasteiger partial charge in [-0.3, -0.25) is 14.2 Å². The zero-order valence-electron chi connectivity index (χ0n) is 18.0. The Labute approximate surface area is 184 Å². The molecule has 3 aromatic rings. The number of hydrogen-bond donors (Lipinski definition) is 0. The van der Waals surface area contributed by atoms with Gasteiger partial charge in [0, 0.05) is 44.4 Å². The smallest absolute Gasteiger partial charge is 0.255 e. The van der Waals surface area contributed by atoms with E-state index in [9.17, 15) is 14.0 Å². The Kier molecular flexibility index (Phi) is 6.25. The first-order chi connectivity index (χ1) is 15.5. The summed E-state index contributed by atoms with van der Waals surface area (Å²) in [7, 11) is 1.68. The number of halogens is 1. The molecular formula is C23H24FN5O3. The van der Waals surface area contributed by atoms with Gasteiger partial charge in [0.2, 0.25) is 5.95 Å². The van der Waals surface area contributed by atoms with Gasteiger partial charge < -0.3 is 9.64 Å². The number of piperidine rings is 1. The Bertz CT molecular complexity index is 1170. The number of carbonyl (C=O) groups is 1. The zero-order chi connectivity index (χ0) is 22.7.